The standard InChI is InChI=1S/C17H19NO4/c1-21-12-7-6-11(16(8-12)22-2)10-18-14-5-3-4-13(14)15(19)9-17(18)20/h5-8,13H,3-4,9-10H2,1-2H3. The van der Waals surface area contributed by atoms with Gasteiger partial charge in [0.25, 0.3) is 0 Å². The van der Waals surface area contributed by atoms with Gasteiger partial charge in [-0.05, 0) is 25.0 Å². The van der Waals surface area contributed by atoms with Crippen LogP contribution in [0.1, 0.15) is 24.8 Å². The number of methoxy groups -OCH3 is 2. The zero-order valence-electron chi connectivity index (χ0n) is 12.8. The quantitative estimate of drug-likeness (QED) is 0.801. The van der Waals surface area contributed by atoms with E-state index in [1.165, 1.54) is 0 Å². The van der Waals surface area contributed by atoms with E-state index in [4.69, 9.17) is 9.47 Å². The van der Waals surface area contributed by atoms with Crippen LogP contribution in [0.3, 0.4) is 0 Å². The van der Waals surface area contributed by atoms with E-state index in [-0.39, 0.29) is 24.0 Å². The van der Waals surface area contributed by atoms with Gasteiger partial charge in [0.15, 0.2) is 5.78 Å². The van der Waals surface area contributed by atoms with Crippen molar-refractivity contribution in [2.75, 3.05) is 14.2 Å². The second-order valence-electron chi connectivity index (χ2n) is 5.56. The smallest absolute Gasteiger partial charge is 0.234 e. The maximum atomic E-state index is 12.3. The number of Topliss-reactive ketones (excluding diaryl/α,β-unsaturated/α-hetero) is 1. The lowest BCUT2D eigenvalue weighted by Crippen LogP contribution is -2.41. The maximum Gasteiger partial charge on any atom is 0.234 e. The highest BCUT2D eigenvalue weighted by Gasteiger charge is 2.39. The third-order valence-electron chi connectivity index (χ3n) is 4.32. The largest absolute Gasteiger partial charge is 0.497 e. The number of nitrogens with zero attached hydrogens (tertiary/aromatic N) is 1. The van der Waals surface area contributed by atoms with E-state index in [2.05, 4.69) is 0 Å². The number of hydrogen-bond donors (Lipinski definition) is 0. The van der Waals surface area contributed by atoms with Gasteiger partial charge in [0, 0.05) is 17.3 Å². The molecular weight excluding hydrogens is 282 g/mol. The molecule has 0 bridgehead atoms. The monoisotopic (exact) mass is 301 g/mol. The summed E-state index contributed by atoms with van der Waals surface area (Å²) in [6, 6.07) is 5.54. The first-order valence-corrected chi connectivity index (χ1v) is 7.38. The lowest BCUT2D eigenvalue weighted by atomic mass is 9.92. The molecule has 116 valence electrons. The second kappa shape index (κ2) is 5.83. The van der Waals surface area contributed by atoms with Gasteiger partial charge in [-0.1, -0.05) is 6.08 Å². The SMILES string of the molecule is COc1ccc(CN2C(=O)CC(=O)C3CCC=C32)c(OC)c1. The predicted molar refractivity (Wildman–Crippen MR) is 80.5 cm³/mol. The van der Waals surface area contributed by atoms with Crippen molar-refractivity contribution in [3.8, 4) is 11.5 Å². The summed E-state index contributed by atoms with van der Waals surface area (Å²) in [5.41, 5.74) is 1.76. The number of fused-ring (bicyclic) bond motifs is 1. The topological polar surface area (TPSA) is 55.8 Å². The number of hydrogen-bond acceptors (Lipinski definition) is 4. The van der Waals surface area contributed by atoms with E-state index in [9.17, 15) is 9.59 Å². The molecule has 0 radical (unpaired) electrons. The number of piperidine rings is 1. The Labute approximate surface area is 129 Å². The molecule has 1 aromatic carbocycles. The van der Waals surface area contributed by atoms with Crippen molar-refractivity contribution in [2.24, 2.45) is 5.92 Å². The van der Waals surface area contributed by atoms with Gasteiger partial charge in [-0.3, -0.25) is 9.59 Å². The van der Waals surface area contributed by atoms with E-state index in [1.807, 2.05) is 18.2 Å². The summed E-state index contributed by atoms with van der Waals surface area (Å²) in [7, 11) is 3.19. The molecule has 0 saturated carbocycles. The number of benzene rings is 1. The van der Waals surface area contributed by atoms with Gasteiger partial charge in [-0.2, -0.15) is 0 Å². The molecule has 0 aromatic heterocycles. The number of allylic oxidation sites excluding steroid dienone is 2. The van der Waals surface area contributed by atoms with Crippen LogP contribution >= 0.6 is 0 Å². The Morgan fingerprint density at radius 2 is 2.05 bits per heavy atom. The van der Waals surface area contributed by atoms with Crippen LogP contribution in [0.4, 0.5) is 0 Å². The van der Waals surface area contributed by atoms with Crippen molar-refractivity contribution in [2.45, 2.75) is 25.8 Å². The zero-order valence-corrected chi connectivity index (χ0v) is 12.8. The van der Waals surface area contributed by atoms with Gasteiger partial charge < -0.3 is 14.4 Å². The number of carbonyl (C=O) groups excluding carboxylic acids is 2. The minimum absolute atomic E-state index is 0.000473. The van der Waals surface area contributed by atoms with Gasteiger partial charge in [0.1, 0.15) is 11.5 Å². The fourth-order valence-corrected chi connectivity index (χ4v) is 3.16. The highest BCUT2D eigenvalue weighted by atomic mass is 16.5. The molecule has 1 aliphatic carbocycles. The number of likely N-dealkylation sites (tertiary alicyclic amines) is 1. The molecule has 1 fully saturated rings. The summed E-state index contributed by atoms with van der Waals surface area (Å²) in [5, 5.41) is 0. The number of carbonyl (C=O) groups is 2. The number of ketones is 1. The number of rotatable bonds is 4. The van der Waals surface area contributed by atoms with Gasteiger partial charge in [-0.25, -0.2) is 0 Å². The molecular formula is C17H19NO4. The van der Waals surface area contributed by atoms with Crippen LogP contribution in [-0.4, -0.2) is 30.8 Å². The Bertz CT molecular complexity index is 650. The van der Waals surface area contributed by atoms with Crippen LogP contribution in [0, 0.1) is 5.92 Å². The van der Waals surface area contributed by atoms with Crippen LogP contribution in [0.15, 0.2) is 30.0 Å². The lowest BCUT2D eigenvalue weighted by Gasteiger charge is -2.32. The molecule has 1 saturated heterocycles. The van der Waals surface area contributed by atoms with Crippen molar-refractivity contribution in [1.29, 1.82) is 0 Å². The van der Waals surface area contributed by atoms with Crippen LogP contribution in [0.2, 0.25) is 0 Å². The average molecular weight is 301 g/mol. The average Bonchev–Trinajstić information content (AvgIpc) is 3.01. The first kappa shape index (κ1) is 14.6. The van der Waals surface area contributed by atoms with Crippen molar-refractivity contribution in [1.82, 2.24) is 4.90 Å². The molecule has 0 N–H and O–H groups in total. The van der Waals surface area contributed by atoms with Gasteiger partial charge in [0.05, 0.1) is 33.1 Å². The predicted octanol–water partition coefficient (Wildman–Crippen LogP) is 2.30. The Kier molecular flexibility index (Phi) is 3.88. The minimum atomic E-state index is -0.132. The second-order valence-corrected chi connectivity index (χ2v) is 5.56. The minimum Gasteiger partial charge on any atom is -0.497 e. The molecule has 2 aliphatic rings. The Hall–Kier alpha value is -2.30. The lowest BCUT2D eigenvalue weighted by molar-refractivity contribution is -0.139. The number of amides is 1. The summed E-state index contributed by atoms with van der Waals surface area (Å²) in [6.45, 7) is 0.418. The van der Waals surface area contributed by atoms with Crippen molar-refractivity contribution < 1.29 is 19.1 Å². The Morgan fingerprint density at radius 3 is 2.77 bits per heavy atom. The molecule has 22 heavy (non-hydrogen) atoms. The van der Waals surface area contributed by atoms with E-state index in [0.29, 0.717) is 18.0 Å². The normalized spacial score (nSPS) is 20.7. The summed E-state index contributed by atoms with van der Waals surface area (Å²) in [6.07, 6.45) is 3.68. The summed E-state index contributed by atoms with van der Waals surface area (Å²) in [5.74, 6) is 1.19. The molecule has 3 rings (SSSR count). The molecule has 1 atom stereocenters. The number of ether oxygens (including phenoxy) is 2. The van der Waals surface area contributed by atoms with Crippen molar-refractivity contribution >= 4 is 11.7 Å². The molecule has 1 aliphatic heterocycles. The first-order valence-electron chi connectivity index (χ1n) is 7.38. The third kappa shape index (κ3) is 2.47. The zero-order chi connectivity index (χ0) is 15.7. The van der Waals surface area contributed by atoms with Gasteiger partial charge in [0.2, 0.25) is 5.91 Å². The van der Waals surface area contributed by atoms with Gasteiger partial charge in [-0.15, -0.1) is 0 Å². The van der Waals surface area contributed by atoms with Crippen LogP contribution in [0.5, 0.6) is 11.5 Å². The fraction of sp³-hybridized carbons (Fsp3) is 0.412. The van der Waals surface area contributed by atoms with Crippen LogP contribution in [0.25, 0.3) is 0 Å². The van der Waals surface area contributed by atoms with Gasteiger partial charge >= 0.3 is 0 Å². The Morgan fingerprint density at radius 1 is 1.23 bits per heavy atom. The third-order valence-corrected chi connectivity index (χ3v) is 4.32. The molecule has 5 nitrogen and oxygen atoms in total. The van der Waals surface area contributed by atoms with E-state index < -0.39 is 0 Å². The highest BCUT2D eigenvalue weighted by molar-refractivity contribution is 6.04. The van der Waals surface area contributed by atoms with E-state index >= 15 is 0 Å². The molecule has 1 heterocycles. The molecule has 5 heteroatoms. The molecule has 1 aromatic rings. The van der Waals surface area contributed by atoms with Crippen LogP contribution < -0.4 is 9.47 Å². The fourth-order valence-electron chi connectivity index (χ4n) is 3.16. The summed E-state index contributed by atoms with van der Waals surface area (Å²) in [4.78, 5) is 26.0. The molecule has 1 unspecified atom stereocenters. The van der Waals surface area contributed by atoms with Crippen molar-refractivity contribution in [3.63, 3.8) is 0 Å². The van der Waals surface area contributed by atoms with E-state index in [0.717, 1.165) is 24.1 Å². The summed E-state index contributed by atoms with van der Waals surface area (Å²) >= 11 is 0. The molecule has 0 spiro atoms. The first-order chi connectivity index (χ1) is 10.6. The van der Waals surface area contributed by atoms with Crippen LogP contribution in [-0.2, 0) is 16.1 Å². The Balaban J connectivity index is 1.89. The molecule has 1 amide bonds. The maximum absolute atomic E-state index is 12.3. The van der Waals surface area contributed by atoms with Crippen molar-refractivity contribution in [3.05, 3.63) is 35.5 Å². The highest BCUT2D eigenvalue weighted by Crippen LogP contribution is 2.36. The van der Waals surface area contributed by atoms with E-state index in [1.54, 1.807) is 25.2 Å². The summed E-state index contributed by atoms with van der Waals surface area (Å²) < 4.78 is 10.6.